The van der Waals surface area contributed by atoms with Crippen LogP contribution in [0.4, 0.5) is 0 Å². The van der Waals surface area contributed by atoms with Crippen LogP contribution in [0.15, 0.2) is 48.5 Å². The Morgan fingerprint density at radius 3 is 2.42 bits per heavy atom. The number of hydrogen-bond donors (Lipinski definition) is 1. The summed E-state index contributed by atoms with van der Waals surface area (Å²) in [6, 6.07) is 15.6. The molecular weight excluding hydrogens is 258 g/mol. The summed E-state index contributed by atoms with van der Waals surface area (Å²) in [4.78, 5) is 0. The van der Waals surface area contributed by atoms with Crippen molar-refractivity contribution in [1.29, 1.82) is 0 Å². The molecule has 0 heterocycles. The Labute approximate surface area is 119 Å². The van der Waals surface area contributed by atoms with Crippen molar-refractivity contribution in [2.24, 2.45) is 5.73 Å². The van der Waals surface area contributed by atoms with Gasteiger partial charge in [-0.2, -0.15) is 0 Å². The van der Waals surface area contributed by atoms with Crippen LogP contribution in [0.2, 0.25) is 5.02 Å². The van der Waals surface area contributed by atoms with Gasteiger partial charge < -0.3 is 10.5 Å². The SMILES string of the molecule is COc1ccc(Cl)cc1C(N)C(C)c1ccccc1. The van der Waals surface area contributed by atoms with Crippen molar-refractivity contribution in [3.63, 3.8) is 0 Å². The highest BCUT2D eigenvalue weighted by Gasteiger charge is 2.20. The van der Waals surface area contributed by atoms with E-state index in [-0.39, 0.29) is 12.0 Å². The fraction of sp³-hybridized carbons (Fsp3) is 0.250. The Kier molecular flexibility index (Phi) is 4.46. The van der Waals surface area contributed by atoms with Gasteiger partial charge in [0.2, 0.25) is 0 Å². The average Bonchev–Trinajstić information content (AvgIpc) is 2.46. The molecule has 19 heavy (non-hydrogen) atoms. The van der Waals surface area contributed by atoms with Crippen LogP contribution in [0.1, 0.15) is 30.0 Å². The van der Waals surface area contributed by atoms with Crippen LogP contribution in [-0.4, -0.2) is 7.11 Å². The Balaban J connectivity index is 2.33. The molecule has 0 aliphatic rings. The fourth-order valence-corrected chi connectivity index (χ4v) is 2.38. The molecule has 2 aromatic rings. The van der Waals surface area contributed by atoms with E-state index < -0.39 is 0 Å². The second-order valence-corrected chi connectivity index (χ2v) is 5.05. The maximum Gasteiger partial charge on any atom is 0.123 e. The van der Waals surface area contributed by atoms with E-state index in [1.807, 2.05) is 36.4 Å². The third-order valence-corrected chi connectivity index (χ3v) is 3.65. The third kappa shape index (κ3) is 3.09. The lowest BCUT2D eigenvalue weighted by molar-refractivity contribution is 0.402. The van der Waals surface area contributed by atoms with Crippen LogP contribution >= 0.6 is 11.6 Å². The monoisotopic (exact) mass is 275 g/mol. The quantitative estimate of drug-likeness (QED) is 0.910. The average molecular weight is 276 g/mol. The molecule has 2 nitrogen and oxygen atoms in total. The number of ether oxygens (including phenoxy) is 1. The Hall–Kier alpha value is -1.51. The van der Waals surface area contributed by atoms with Crippen LogP contribution in [0.25, 0.3) is 0 Å². The standard InChI is InChI=1S/C16H18ClNO/c1-11(12-6-4-3-5-7-12)16(18)14-10-13(17)8-9-15(14)19-2/h3-11,16H,18H2,1-2H3. The van der Waals surface area contributed by atoms with E-state index in [0.29, 0.717) is 5.02 Å². The zero-order chi connectivity index (χ0) is 13.8. The van der Waals surface area contributed by atoms with E-state index in [4.69, 9.17) is 22.1 Å². The van der Waals surface area contributed by atoms with Crippen LogP contribution < -0.4 is 10.5 Å². The van der Waals surface area contributed by atoms with Crippen molar-refractivity contribution in [3.05, 3.63) is 64.7 Å². The smallest absolute Gasteiger partial charge is 0.123 e. The van der Waals surface area contributed by atoms with Gasteiger partial charge in [0, 0.05) is 22.5 Å². The molecule has 0 fully saturated rings. The van der Waals surface area contributed by atoms with Crippen LogP contribution in [0.3, 0.4) is 0 Å². The van der Waals surface area contributed by atoms with E-state index in [1.165, 1.54) is 5.56 Å². The number of benzene rings is 2. The first-order valence-corrected chi connectivity index (χ1v) is 6.65. The molecule has 0 aliphatic carbocycles. The highest BCUT2D eigenvalue weighted by Crippen LogP contribution is 2.35. The van der Waals surface area contributed by atoms with E-state index in [2.05, 4.69) is 19.1 Å². The van der Waals surface area contributed by atoms with Gasteiger partial charge in [-0.3, -0.25) is 0 Å². The molecule has 2 N–H and O–H groups in total. The molecule has 3 heteroatoms. The predicted molar refractivity (Wildman–Crippen MR) is 79.8 cm³/mol. The molecule has 0 bridgehead atoms. The lowest BCUT2D eigenvalue weighted by Gasteiger charge is -2.22. The molecule has 2 unspecified atom stereocenters. The highest BCUT2D eigenvalue weighted by atomic mass is 35.5. The van der Waals surface area contributed by atoms with Gasteiger partial charge in [0.15, 0.2) is 0 Å². The van der Waals surface area contributed by atoms with Crippen LogP contribution in [0.5, 0.6) is 5.75 Å². The summed E-state index contributed by atoms with van der Waals surface area (Å²) in [5.74, 6) is 0.966. The normalized spacial score (nSPS) is 13.9. The molecule has 0 saturated heterocycles. The number of halogens is 1. The maximum absolute atomic E-state index is 6.38. The Morgan fingerprint density at radius 2 is 1.79 bits per heavy atom. The van der Waals surface area contributed by atoms with Crippen molar-refractivity contribution >= 4 is 11.6 Å². The molecule has 0 aromatic heterocycles. The van der Waals surface area contributed by atoms with E-state index in [1.54, 1.807) is 7.11 Å². The summed E-state index contributed by atoms with van der Waals surface area (Å²) < 4.78 is 5.37. The largest absolute Gasteiger partial charge is 0.496 e. The number of methoxy groups -OCH3 is 1. The number of nitrogens with two attached hydrogens (primary N) is 1. The van der Waals surface area contributed by atoms with Gasteiger partial charge in [0.05, 0.1) is 7.11 Å². The van der Waals surface area contributed by atoms with E-state index in [0.717, 1.165) is 11.3 Å². The van der Waals surface area contributed by atoms with E-state index >= 15 is 0 Å². The van der Waals surface area contributed by atoms with Crippen molar-refractivity contribution < 1.29 is 4.74 Å². The third-order valence-electron chi connectivity index (χ3n) is 3.41. The Bertz CT molecular complexity index is 542. The van der Waals surface area contributed by atoms with Crippen molar-refractivity contribution in [2.75, 3.05) is 7.11 Å². The van der Waals surface area contributed by atoms with Crippen molar-refractivity contribution in [1.82, 2.24) is 0 Å². The minimum Gasteiger partial charge on any atom is -0.496 e. The topological polar surface area (TPSA) is 35.2 Å². The Morgan fingerprint density at radius 1 is 1.11 bits per heavy atom. The van der Waals surface area contributed by atoms with Gasteiger partial charge in [-0.1, -0.05) is 48.9 Å². The highest BCUT2D eigenvalue weighted by molar-refractivity contribution is 6.30. The summed E-state index contributed by atoms with van der Waals surface area (Å²) in [7, 11) is 1.65. The molecule has 0 saturated carbocycles. The molecule has 0 radical (unpaired) electrons. The lowest BCUT2D eigenvalue weighted by atomic mass is 9.89. The summed E-state index contributed by atoms with van der Waals surface area (Å²) in [6.45, 7) is 2.11. The first kappa shape index (κ1) is 13.9. The maximum atomic E-state index is 6.38. The predicted octanol–water partition coefficient (Wildman–Crippen LogP) is 4.15. The van der Waals surface area contributed by atoms with Gasteiger partial charge in [0.1, 0.15) is 5.75 Å². The number of hydrogen-bond acceptors (Lipinski definition) is 2. The minimum atomic E-state index is -0.156. The van der Waals surface area contributed by atoms with Crippen LogP contribution in [-0.2, 0) is 0 Å². The van der Waals surface area contributed by atoms with Gasteiger partial charge >= 0.3 is 0 Å². The molecule has 2 aromatic carbocycles. The first-order valence-electron chi connectivity index (χ1n) is 6.27. The van der Waals surface area contributed by atoms with Crippen molar-refractivity contribution in [2.45, 2.75) is 18.9 Å². The lowest BCUT2D eigenvalue weighted by Crippen LogP contribution is -2.18. The van der Waals surface area contributed by atoms with Gasteiger partial charge in [-0.25, -0.2) is 0 Å². The fourth-order valence-electron chi connectivity index (χ4n) is 2.20. The van der Waals surface area contributed by atoms with Crippen LogP contribution in [0, 0.1) is 0 Å². The molecule has 0 aliphatic heterocycles. The van der Waals surface area contributed by atoms with E-state index in [9.17, 15) is 0 Å². The van der Waals surface area contributed by atoms with Gasteiger partial charge in [-0.05, 0) is 23.8 Å². The molecule has 0 spiro atoms. The molecule has 2 atom stereocenters. The number of rotatable bonds is 4. The first-order chi connectivity index (χ1) is 9.13. The zero-order valence-corrected chi connectivity index (χ0v) is 11.9. The molecule has 2 rings (SSSR count). The van der Waals surface area contributed by atoms with Gasteiger partial charge in [0.25, 0.3) is 0 Å². The summed E-state index contributed by atoms with van der Waals surface area (Å²) in [5.41, 5.74) is 8.52. The molecular formula is C16H18ClNO. The summed E-state index contributed by atoms with van der Waals surface area (Å²) in [6.07, 6.45) is 0. The minimum absolute atomic E-state index is 0.156. The second-order valence-electron chi connectivity index (χ2n) is 4.61. The van der Waals surface area contributed by atoms with Gasteiger partial charge in [-0.15, -0.1) is 0 Å². The van der Waals surface area contributed by atoms with Crippen molar-refractivity contribution in [3.8, 4) is 5.75 Å². The molecule has 0 amide bonds. The molecule has 100 valence electrons. The zero-order valence-electron chi connectivity index (χ0n) is 11.1. The second kappa shape index (κ2) is 6.09. The summed E-state index contributed by atoms with van der Waals surface area (Å²) >= 11 is 6.06. The summed E-state index contributed by atoms with van der Waals surface area (Å²) in [5, 5.41) is 0.673.